The van der Waals surface area contributed by atoms with Gasteiger partial charge in [0.2, 0.25) is 0 Å². The zero-order chi connectivity index (χ0) is 17.6. The lowest BCUT2D eigenvalue weighted by Crippen LogP contribution is -2.24. The van der Waals surface area contributed by atoms with E-state index in [1.54, 1.807) is 6.21 Å². The Morgan fingerprint density at radius 1 is 1.17 bits per heavy atom. The summed E-state index contributed by atoms with van der Waals surface area (Å²) in [5, 5.41) is 3.92. The van der Waals surface area contributed by atoms with Crippen LogP contribution in [0.15, 0.2) is 53.6 Å². The maximum Gasteiger partial charge on any atom is 0.277 e. The molecule has 0 saturated heterocycles. The zero-order valence-corrected chi connectivity index (χ0v) is 14.7. The van der Waals surface area contributed by atoms with Gasteiger partial charge in [-0.2, -0.15) is 5.10 Å². The number of carbonyl (C=O) groups excluding carboxylic acids is 1. The van der Waals surface area contributed by atoms with Crippen molar-refractivity contribution in [2.75, 3.05) is 6.61 Å². The Labute approximate surface area is 143 Å². The number of benzene rings is 2. The first-order valence-corrected chi connectivity index (χ1v) is 7.97. The van der Waals surface area contributed by atoms with Crippen molar-refractivity contribution in [3.8, 4) is 5.75 Å². The Balaban J connectivity index is 1.87. The summed E-state index contributed by atoms with van der Waals surface area (Å²) in [4.78, 5) is 11.8. The largest absolute Gasteiger partial charge is 0.483 e. The fourth-order valence-corrected chi connectivity index (χ4v) is 2.17. The molecule has 0 aromatic heterocycles. The van der Waals surface area contributed by atoms with Crippen LogP contribution in [0.5, 0.6) is 5.75 Å². The molecule has 4 heteroatoms. The normalized spacial score (nSPS) is 11.5. The van der Waals surface area contributed by atoms with Gasteiger partial charge in [0.15, 0.2) is 6.61 Å². The number of hydrazone groups is 1. The molecule has 2 aromatic rings. The number of hydrogen-bond acceptors (Lipinski definition) is 3. The molecule has 4 nitrogen and oxygen atoms in total. The highest BCUT2D eigenvalue weighted by atomic mass is 16.5. The molecule has 0 heterocycles. The molecule has 0 atom stereocenters. The van der Waals surface area contributed by atoms with Crippen molar-refractivity contribution in [3.05, 3.63) is 65.2 Å². The van der Waals surface area contributed by atoms with E-state index in [1.807, 2.05) is 49.4 Å². The highest BCUT2D eigenvalue weighted by molar-refractivity contribution is 5.82. The summed E-state index contributed by atoms with van der Waals surface area (Å²) in [6.07, 6.45) is 1.60. The monoisotopic (exact) mass is 324 g/mol. The topological polar surface area (TPSA) is 50.7 Å². The standard InChI is InChI=1S/C20H24N2O2/c1-15-12-17(20(2,3)4)10-11-18(15)24-14-19(23)22-21-13-16-8-6-5-7-9-16/h5-13H,14H2,1-4H3,(H,22,23)/b21-13+. The molecule has 0 unspecified atom stereocenters. The van der Waals surface area contributed by atoms with E-state index < -0.39 is 0 Å². The fraction of sp³-hybridized carbons (Fsp3) is 0.300. The van der Waals surface area contributed by atoms with Crippen LogP contribution in [0.3, 0.4) is 0 Å². The van der Waals surface area contributed by atoms with Gasteiger partial charge in [-0.1, -0.05) is 63.2 Å². The SMILES string of the molecule is Cc1cc(C(C)(C)C)ccc1OCC(=O)N/N=C/c1ccccc1. The van der Waals surface area contributed by atoms with Crippen molar-refractivity contribution in [3.63, 3.8) is 0 Å². The van der Waals surface area contributed by atoms with Crippen molar-refractivity contribution in [2.45, 2.75) is 33.1 Å². The van der Waals surface area contributed by atoms with Crippen molar-refractivity contribution >= 4 is 12.1 Å². The second-order valence-corrected chi connectivity index (χ2v) is 6.72. The molecule has 0 radical (unpaired) electrons. The third kappa shape index (κ3) is 5.23. The fourth-order valence-electron chi connectivity index (χ4n) is 2.17. The van der Waals surface area contributed by atoms with Gasteiger partial charge in [0.25, 0.3) is 5.91 Å². The Kier molecular flexibility index (Phi) is 5.74. The summed E-state index contributed by atoms with van der Waals surface area (Å²) < 4.78 is 5.58. The molecule has 0 aliphatic carbocycles. The van der Waals surface area contributed by atoms with E-state index in [9.17, 15) is 4.79 Å². The number of aryl methyl sites for hydroxylation is 1. The molecule has 1 N–H and O–H groups in total. The Morgan fingerprint density at radius 2 is 1.88 bits per heavy atom. The lowest BCUT2D eigenvalue weighted by Gasteiger charge is -2.20. The van der Waals surface area contributed by atoms with Crippen LogP contribution < -0.4 is 10.2 Å². The van der Waals surface area contributed by atoms with Gasteiger partial charge >= 0.3 is 0 Å². The van der Waals surface area contributed by atoms with E-state index in [2.05, 4.69) is 37.4 Å². The molecule has 0 bridgehead atoms. The maximum absolute atomic E-state index is 11.8. The first kappa shape index (κ1) is 17.7. The van der Waals surface area contributed by atoms with Crippen molar-refractivity contribution < 1.29 is 9.53 Å². The molecular weight excluding hydrogens is 300 g/mol. The molecule has 0 aliphatic rings. The van der Waals surface area contributed by atoms with Crippen molar-refractivity contribution in [1.29, 1.82) is 0 Å². The first-order chi connectivity index (χ1) is 11.4. The van der Waals surface area contributed by atoms with E-state index in [4.69, 9.17) is 4.74 Å². The first-order valence-electron chi connectivity index (χ1n) is 7.97. The van der Waals surface area contributed by atoms with E-state index in [1.165, 1.54) is 5.56 Å². The van der Waals surface area contributed by atoms with Gasteiger partial charge < -0.3 is 4.74 Å². The Hall–Kier alpha value is -2.62. The summed E-state index contributed by atoms with van der Waals surface area (Å²) in [7, 11) is 0. The molecule has 2 rings (SSSR count). The van der Waals surface area contributed by atoms with Gasteiger partial charge in [0.1, 0.15) is 5.75 Å². The number of hydrogen-bond donors (Lipinski definition) is 1. The van der Waals surface area contributed by atoms with Gasteiger partial charge in [-0.25, -0.2) is 5.43 Å². The van der Waals surface area contributed by atoms with Crippen molar-refractivity contribution in [1.82, 2.24) is 5.43 Å². The van der Waals surface area contributed by atoms with Gasteiger partial charge in [-0.3, -0.25) is 4.79 Å². The minimum atomic E-state index is -0.290. The lowest BCUT2D eigenvalue weighted by molar-refractivity contribution is -0.123. The van der Waals surface area contributed by atoms with Crippen LogP contribution in [0.4, 0.5) is 0 Å². The molecule has 24 heavy (non-hydrogen) atoms. The maximum atomic E-state index is 11.8. The highest BCUT2D eigenvalue weighted by Gasteiger charge is 2.15. The van der Waals surface area contributed by atoms with Crippen molar-refractivity contribution in [2.24, 2.45) is 5.10 Å². The molecular formula is C20H24N2O2. The quantitative estimate of drug-likeness (QED) is 0.671. The van der Waals surface area contributed by atoms with Crippen LogP contribution in [0, 0.1) is 6.92 Å². The number of amides is 1. The van der Waals surface area contributed by atoms with Gasteiger partial charge in [-0.15, -0.1) is 0 Å². The van der Waals surface area contributed by atoms with E-state index in [0.29, 0.717) is 5.75 Å². The van der Waals surface area contributed by atoms with Crippen LogP contribution in [-0.4, -0.2) is 18.7 Å². The molecule has 0 fully saturated rings. The van der Waals surface area contributed by atoms with Gasteiger partial charge in [-0.05, 0) is 35.1 Å². The molecule has 126 valence electrons. The number of ether oxygens (including phenoxy) is 1. The van der Waals surface area contributed by atoms with Gasteiger partial charge in [0.05, 0.1) is 6.21 Å². The molecule has 0 aliphatic heterocycles. The average molecular weight is 324 g/mol. The summed E-state index contributed by atoms with van der Waals surface area (Å²) in [5.41, 5.74) is 5.73. The minimum absolute atomic E-state index is 0.0676. The van der Waals surface area contributed by atoms with Crippen LogP contribution >= 0.6 is 0 Å². The van der Waals surface area contributed by atoms with Crippen LogP contribution in [0.1, 0.15) is 37.5 Å². The van der Waals surface area contributed by atoms with E-state index in [0.717, 1.165) is 11.1 Å². The summed E-state index contributed by atoms with van der Waals surface area (Å²) >= 11 is 0. The van der Waals surface area contributed by atoms with E-state index in [-0.39, 0.29) is 17.9 Å². The molecule has 1 amide bonds. The second kappa shape index (κ2) is 7.77. The zero-order valence-electron chi connectivity index (χ0n) is 14.7. The smallest absolute Gasteiger partial charge is 0.277 e. The number of carbonyl (C=O) groups is 1. The predicted molar refractivity (Wildman–Crippen MR) is 97.6 cm³/mol. The summed E-state index contributed by atoms with van der Waals surface area (Å²) in [6, 6.07) is 15.6. The van der Waals surface area contributed by atoms with E-state index >= 15 is 0 Å². The van der Waals surface area contributed by atoms with Crippen LogP contribution in [0.25, 0.3) is 0 Å². The Morgan fingerprint density at radius 3 is 2.50 bits per heavy atom. The third-order valence-corrected chi connectivity index (χ3v) is 3.60. The number of nitrogens with one attached hydrogen (secondary N) is 1. The molecule has 2 aromatic carbocycles. The Bertz CT molecular complexity index is 716. The number of nitrogens with zero attached hydrogens (tertiary/aromatic N) is 1. The third-order valence-electron chi connectivity index (χ3n) is 3.60. The number of rotatable bonds is 5. The minimum Gasteiger partial charge on any atom is -0.483 e. The van der Waals surface area contributed by atoms with Crippen LogP contribution in [-0.2, 0) is 10.2 Å². The average Bonchev–Trinajstić information content (AvgIpc) is 2.54. The highest BCUT2D eigenvalue weighted by Crippen LogP contribution is 2.27. The predicted octanol–water partition coefficient (Wildman–Crippen LogP) is 3.82. The summed E-state index contributed by atoms with van der Waals surface area (Å²) in [5.74, 6) is 0.423. The second-order valence-electron chi connectivity index (χ2n) is 6.72. The van der Waals surface area contributed by atoms with Crippen LogP contribution in [0.2, 0.25) is 0 Å². The molecule has 0 saturated carbocycles. The summed E-state index contributed by atoms with van der Waals surface area (Å²) in [6.45, 7) is 8.42. The van der Waals surface area contributed by atoms with Gasteiger partial charge in [0, 0.05) is 0 Å². The lowest BCUT2D eigenvalue weighted by atomic mass is 9.86. The molecule has 0 spiro atoms.